The summed E-state index contributed by atoms with van der Waals surface area (Å²) in [6.45, 7) is 4.73. The number of carbonyl (C=O) groups excluding carboxylic acids is 1. The van der Waals surface area contributed by atoms with E-state index in [4.69, 9.17) is 5.11 Å². The van der Waals surface area contributed by atoms with Gasteiger partial charge in [0.2, 0.25) is 5.91 Å². The second-order valence-electron chi connectivity index (χ2n) is 3.88. The quantitative estimate of drug-likeness (QED) is 0.481. The second kappa shape index (κ2) is 6.27. The minimum Gasteiger partial charge on any atom is -0.480 e. The Bertz CT molecular complexity index is 278. The van der Waals surface area contributed by atoms with Crippen molar-refractivity contribution in [3.05, 3.63) is 12.7 Å². The molecule has 0 saturated carbocycles. The summed E-state index contributed by atoms with van der Waals surface area (Å²) in [5, 5.41) is 11.7. The zero-order valence-corrected chi connectivity index (χ0v) is 9.32. The number of hydrogen-bond donors (Lipinski definition) is 2. The van der Waals surface area contributed by atoms with Crippen molar-refractivity contribution < 1.29 is 14.7 Å². The van der Waals surface area contributed by atoms with Gasteiger partial charge in [0.15, 0.2) is 0 Å². The topological polar surface area (TPSA) is 69.6 Å². The van der Waals surface area contributed by atoms with Crippen LogP contribution in [0.2, 0.25) is 0 Å². The Morgan fingerprint density at radius 1 is 1.69 bits per heavy atom. The number of unbranched alkanes of at least 4 members (excludes halogenated alkanes) is 1. The predicted octanol–water partition coefficient (Wildman–Crippen LogP) is 0.228. The van der Waals surface area contributed by atoms with Gasteiger partial charge >= 0.3 is 5.97 Å². The Labute approximate surface area is 95.1 Å². The van der Waals surface area contributed by atoms with E-state index in [-0.39, 0.29) is 18.5 Å². The number of nitrogens with zero attached hydrogens (tertiary/aromatic N) is 1. The fourth-order valence-electron chi connectivity index (χ4n) is 1.77. The Morgan fingerprint density at radius 2 is 2.44 bits per heavy atom. The number of rotatable bonds is 7. The van der Waals surface area contributed by atoms with Gasteiger partial charge in [-0.3, -0.25) is 9.59 Å². The predicted molar refractivity (Wildman–Crippen MR) is 60.1 cm³/mol. The highest BCUT2D eigenvalue weighted by molar-refractivity contribution is 5.87. The average molecular weight is 226 g/mol. The van der Waals surface area contributed by atoms with Gasteiger partial charge in [0.05, 0.1) is 6.04 Å². The smallest absolute Gasteiger partial charge is 0.323 e. The van der Waals surface area contributed by atoms with Gasteiger partial charge in [0.25, 0.3) is 0 Å². The van der Waals surface area contributed by atoms with E-state index in [0.29, 0.717) is 13.0 Å². The van der Waals surface area contributed by atoms with Gasteiger partial charge in [-0.15, -0.1) is 6.58 Å². The number of hydrogen-bond acceptors (Lipinski definition) is 3. The molecule has 0 aliphatic carbocycles. The van der Waals surface area contributed by atoms with Crippen molar-refractivity contribution in [1.82, 2.24) is 10.2 Å². The summed E-state index contributed by atoms with van der Waals surface area (Å²) in [5.74, 6) is -1.05. The summed E-state index contributed by atoms with van der Waals surface area (Å²) in [7, 11) is 0. The lowest BCUT2D eigenvalue weighted by molar-refractivity contribution is -0.143. The number of carboxylic acid groups (broad SMARTS) is 1. The van der Waals surface area contributed by atoms with Gasteiger partial charge in [-0.05, 0) is 25.8 Å². The first-order valence-electron chi connectivity index (χ1n) is 5.50. The molecule has 1 saturated heterocycles. The van der Waals surface area contributed by atoms with Gasteiger partial charge in [0.1, 0.15) is 6.54 Å². The van der Waals surface area contributed by atoms with E-state index >= 15 is 0 Å². The maximum absolute atomic E-state index is 11.7. The first kappa shape index (κ1) is 12.7. The summed E-state index contributed by atoms with van der Waals surface area (Å²) in [6, 6.07) is -0.204. The molecule has 1 atom stereocenters. The monoisotopic (exact) mass is 226 g/mol. The molecule has 1 amide bonds. The average Bonchev–Trinajstić information content (AvgIpc) is 2.56. The van der Waals surface area contributed by atoms with E-state index in [9.17, 15) is 9.59 Å². The largest absolute Gasteiger partial charge is 0.480 e. The molecule has 5 heteroatoms. The molecule has 0 aromatic heterocycles. The fourth-order valence-corrected chi connectivity index (χ4v) is 1.77. The number of carbonyl (C=O) groups is 2. The normalized spacial score (nSPS) is 20.1. The SMILES string of the molecule is C=CCCCNC1CCN(CC(=O)O)C1=O. The van der Waals surface area contributed by atoms with E-state index in [1.165, 1.54) is 4.90 Å². The van der Waals surface area contributed by atoms with Crippen molar-refractivity contribution in [3.63, 3.8) is 0 Å². The number of nitrogens with one attached hydrogen (secondary N) is 1. The molecule has 2 N–H and O–H groups in total. The van der Waals surface area contributed by atoms with Gasteiger partial charge in [-0.25, -0.2) is 0 Å². The highest BCUT2D eigenvalue weighted by Crippen LogP contribution is 2.10. The van der Waals surface area contributed by atoms with Crippen molar-refractivity contribution >= 4 is 11.9 Å². The molecule has 1 aliphatic heterocycles. The molecule has 5 nitrogen and oxygen atoms in total. The molecule has 16 heavy (non-hydrogen) atoms. The molecule has 90 valence electrons. The maximum atomic E-state index is 11.7. The zero-order chi connectivity index (χ0) is 12.0. The van der Waals surface area contributed by atoms with E-state index in [2.05, 4.69) is 11.9 Å². The number of carboxylic acids is 1. The zero-order valence-electron chi connectivity index (χ0n) is 9.32. The number of allylic oxidation sites excluding steroid dienone is 1. The van der Waals surface area contributed by atoms with Crippen molar-refractivity contribution in [2.45, 2.75) is 25.3 Å². The number of aliphatic carboxylic acids is 1. The molecule has 1 unspecified atom stereocenters. The highest BCUT2D eigenvalue weighted by atomic mass is 16.4. The lowest BCUT2D eigenvalue weighted by Gasteiger charge is -2.14. The van der Waals surface area contributed by atoms with Gasteiger partial charge in [-0.1, -0.05) is 6.08 Å². The van der Waals surface area contributed by atoms with Crippen molar-refractivity contribution in [3.8, 4) is 0 Å². The Morgan fingerprint density at radius 3 is 3.06 bits per heavy atom. The minimum absolute atomic E-state index is 0.0963. The number of amides is 1. The van der Waals surface area contributed by atoms with Crippen LogP contribution in [0.15, 0.2) is 12.7 Å². The van der Waals surface area contributed by atoms with Crippen LogP contribution >= 0.6 is 0 Å². The van der Waals surface area contributed by atoms with Crippen molar-refractivity contribution in [2.24, 2.45) is 0 Å². The Balaban J connectivity index is 2.27. The van der Waals surface area contributed by atoms with Crippen LogP contribution in [0, 0.1) is 0 Å². The molecular formula is C11H18N2O3. The first-order valence-corrected chi connectivity index (χ1v) is 5.50. The lowest BCUT2D eigenvalue weighted by Crippen LogP contribution is -2.40. The van der Waals surface area contributed by atoms with E-state index in [1.807, 2.05) is 6.08 Å². The molecule has 1 fully saturated rings. The number of likely N-dealkylation sites (tertiary alicyclic amines) is 1. The van der Waals surface area contributed by atoms with Gasteiger partial charge in [-0.2, -0.15) is 0 Å². The summed E-state index contributed by atoms with van der Waals surface area (Å²) >= 11 is 0. The molecule has 0 aromatic carbocycles. The van der Waals surface area contributed by atoms with Crippen LogP contribution in [0.1, 0.15) is 19.3 Å². The first-order chi connectivity index (χ1) is 7.65. The van der Waals surface area contributed by atoms with Crippen molar-refractivity contribution in [1.29, 1.82) is 0 Å². The molecule has 0 radical (unpaired) electrons. The lowest BCUT2D eigenvalue weighted by atomic mass is 10.2. The van der Waals surface area contributed by atoms with E-state index < -0.39 is 5.97 Å². The maximum Gasteiger partial charge on any atom is 0.323 e. The van der Waals surface area contributed by atoms with E-state index in [1.54, 1.807) is 0 Å². The van der Waals surface area contributed by atoms with Crippen LogP contribution in [-0.4, -0.2) is 47.6 Å². The summed E-state index contributed by atoms with van der Waals surface area (Å²) in [6.07, 6.45) is 4.41. The molecular weight excluding hydrogens is 208 g/mol. The standard InChI is InChI=1S/C11H18N2O3/c1-2-3-4-6-12-9-5-7-13(11(9)16)8-10(14)15/h2,9,12H,1,3-8H2,(H,14,15). The molecule has 1 heterocycles. The fraction of sp³-hybridized carbons (Fsp3) is 0.636. The third kappa shape index (κ3) is 3.66. The minimum atomic E-state index is -0.958. The molecule has 0 bridgehead atoms. The summed E-state index contributed by atoms with van der Waals surface area (Å²) in [5.41, 5.74) is 0. The van der Waals surface area contributed by atoms with Crippen LogP contribution in [0.5, 0.6) is 0 Å². The molecule has 0 aromatic rings. The van der Waals surface area contributed by atoms with Crippen LogP contribution in [0.3, 0.4) is 0 Å². The van der Waals surface area contributed by atoms with Crippen molar-refractivity contribution in [2.75, 3.05) is 19.6 Å². The van der Waals surface area contributed by atoms with Crippen LogP contribution < -0.4 is 5.32 Å². The van der Waals surface area contributed by atoms with Gasteiger partial charge in [0, 0.05) is 6.54 Å². The second-order valence-corrected chi connectivity index (χ2v) is 3.88. The molecule has 1 aliphatic rings. The summed E-state index contributed by atoms with van der Waals surface area (Å²) in [4.78, 5) is 23.5. The summed E-state index contributed by atoms with van der Waals surface area (Å²) < 4.78 is 0. The Kier molecular flexibility index (Phi) is 4.98. The van der Waals surface area contributed by atoms with Gasteiger partial charge < -0.3 is 15.3 Å². The van der Waals surface area contributed by atoms with Crippen LogP contribution in [-0.2, 0) is 9.59 Å². The molecule has 1 rings (SSSR count). The van der Waals surface area contributed by atoms with E-state index in [0.717, 1.165) is 19.4 Å². The third-order valence-electron chi connectivity index (χ3n) is 2.60. The molecule has 0 spiro atoms. The highest BCUT2D eigenvalue weighted by Gasteiger charge is 2.31. The van der Waals surface area contributed by atoms with Crippen LogP contribution in [0.25, 0.3) is 0 Å². The third-order valence-corrected chi connectivity index (χ3v) is 2.60. The Hall–Kier alpha value is -1.36. The van der Waals surface area contributed by atoms with Crippen LogP contribution in [0.4, 0.5) is 0 Å².